The van der Waals surface area contributed by atoms with Crippen molar-refractivity contribution in [3.63, 3.8) is 0 Å². The topological polar surface area (TPSA) is 97.4 Å². The SMILES string of the molecule is CCOCc1nc2c[n+]([O-])c3ccccc3c2n1CC(C)(C)OCCS(=O)(=O)c1ccccc1. The number of hydrogen-bond donors (Lipinski definition) is 0. The standard InChI is InChI=1S/C25H29N3O5S/c1-4-32-17-23-26-21-16-28(29)22-13-9-8-12-20(22)24(21)27(23)18-25(2,3)33-14-15-34(30,31)19-10-6-5-7-11-19/h5-13,16H,4,14-15,17-18H2,1-3H3. The second-order valence-electron chi connectivity index (χ2n) is 8.70. The van der Waals surface area contributed by atoms with E-state index in [-0.39, 0.29) is 23.9 Å². The fourth-order valence-corrected chi connectivity index (χ4v) is 5.12. The number of para-hydroxylation sites is 1. The summed E-state index contributed by atoms with van der Waals surface area (Å²) in [4.78, 5) is 4.96. The van der Waals surface area contributed by atoms with Gasteiger partial charge in [-0.05, 0) is 39.0 Å². The number of rotatable bonds is 10. The number of fused-ring (bicyclic) bond motifs is 3. The molecule has 0 aliphatic heterocycles. The molecule has 2 heterocycles. The van der Waals surface area contributed by atoms with E-state index in [2.05, 4.69) is 4.98 Å². The lowest BCUT2D eigenvalue weighted by atomic mass is 10.1. The van der Waals surface area contributed by atoms with E-state index < -0.39 is 15.4 Å². The number of nitrogens with zero attached hydrogens (tertiary/aromatic N) is 3. The predicted octanol–water partition coefficient (Wildman–Crippen LogP) is 3.63. The maximum atomic E-state index is 12.6. The van der Waals surface area contributed by atoms with Gasteiger partial charge in [0.05, 0.1) is 40.3 Å². The third-order valence-corrected chi connectivity index (χ3v) is 7.33. The monoisotopic (exact) mass is 483 g/mol. The summed E-state index contributed by atoms with van der Waals surface area (Å²) in [5.74, 6) is 0.567. The van der Waals surface area contributed by atoms with E-state index in [9.17, 15) is 13.6 Å². The van der Waals surface area contributed by atoms with Gasteiger partial charge in [-0.15, -0.1) is 0 Å². The van der Waals surface area contributed by atoms with E-state index in [1.807, 2.05) is 43.5 Å². The van der Waals surface area contributed by atoms with Gasteiger partial charge in [0.25, 0.3) is 0 Å². The Kier molecular flexibility index (Phi) is 6.88. The van der Waals surface area contributed by atoms with Crippen LogP contribution < -0.4 is 4.73 Å². The summed E-state index contributed by atoms with van der Waals surface area (Å²) in [5, 5.41) is 13.3. The van der Waals surface area contributed by atoms with Crippen LogP contribution in [0.2, 0.25) is 0 Å². The molecular formula is C25H29N3O5S. The van der Waals surface area contributed by atoms with Crippen molar-refractivity contribution in [3.05, 3.63) is 71.8 Å². The first-order valence-electron chi connectivity index (χ1n) is 11.2. The second kappa shape index (κ2) is 9.69. The highest BCUT2D eigenvalue weighted by atomic mass is 32.2. The Balaban J connectivity index is 1.62. The van der Waals surface area contributed by atoms with Gasteiger partial charge in [0.15, 0.2) is 15.4 Å². The van der Waals surface area contributed by atoms with Crippen LogP contribution in [-0.2, 0) is 32.5 Å². The van der Waals surface area contributed by atoms with Crippen LogP contribution in [0.4, 0.5) is 0 Å². The molecule has 0 aliphatic rings. The van der Waals surface area contributed by atoms with Crippen molar-refractivity contribution < 1.29 is 22.6 Å². The summed E-state index contributed by atoms with van der Waals surface area (Å²) in [5.41, 5.74) is 1.24. The van der Waals surface area contributed by atoms with E-state index in [0.717, 1.165) is 15.6 Å². The second-order valence-corrected chi connectivity index (χ2v) is 10.8. The minimum Gasteiger partial charge on any atom is -0.618 e. The van der Waals surface area contributed by atoms with Crippen molar-refractivity contribution in [2.75, 3.05) is 19.0 Å². The molecule has 0 fully saturated rings. The average molecular weight is 484 g/mol. The maximum absolute atomic E-state index is 12.6. The van der Waals surface area contributed by atoms with E-state index in [4.69, 9.17) is 9.47 Å². The Morgan fingerprint density at radius 1 is 1.09 bits per heavy atom. The molecule has 9 heteroatoms. The molecule has 0 atom stereocenters. The first kappa shape index (κ1) is 24.1. The molecule has 0 spiro atoms. The highest BCUT2D eigenvalue weighted by Gasteiger charge is 2.26. The quantitative estimate of drug-likeness (QED) is 0.252. The zero-order chi connectivity index (χ0) is 24.3. The Labute approximate surface area is 199 Å². The van der Waals surface area contributed by atoms with Crippen LogP contribution in [0.1, 0.15) is 26.6 Å². The molecule has 180 valence electrons. The van der Waals surface area contributed by atoms with Crippen molar-refractivity contribution in [1.82, 2.24) is 9.55 Å². The number of hydrogen-bond acceptors (Lipinski definition) is 6. The first-order chi connectivity index (χ1) is 16.2. The molecule has 4 rings (SSSR count). The average Bonchev–Trinajstić information content (AvgIpc) is 3.14. The van der Waals surface area contributed by atoms with E-state index >= 15 is 0 Å². The van der Waals surface area contributed by atoms with Gasteiger partial charge in [-0.3, -0.25) is 0 Å². The van der Waals surface area contributed by atoms with Crippen molar-refractivity contribution in [3.8, 4) is 0 Å². The van der Waals surface area contributed by atoms with Crippen molar-refractivity contribution in [2.24, 2.45) is 0 Å². The smallest absolute Gasteiger partial charge is 0.226 e. The molecular weight excluding hydrogens is 454 g/mol. The Bertz CT molecular complexity index is 1400. The van der Waals surface area contributed by atoms with E-state index in [1.165, 1.54) is 6.20 Å². The van der Waals surface area contributed by atoms with E-state index in [0.29, 0.717) is 30.0 Å². The molecule has 0 unspecified atom stereocenters. The molecule has 0 aliphatic carbocycles. The number of benzene rings is 2. The van der Waals surface area contributed by atoms with Gasteiger partial charge in [-0.1, -0.05) is 30.3 Å². The lowest BCUT2D eigenvalue weighted by Gasteiger charge is -2.27. The Morgan fingerprint density at radius 2 is 1.79 bits per heavy atom. The molecule has 0 amide bonds. The molecule has 0 N–H and O–H groups in total. The van der Waals surface area contributed by atoms with Gasteiger partial charge in [-0.25, -0.2) is 13.4 Å². The van der Waals surface area contributed by atoms with Crippen LogP contribution in [0.5, 0.6) is 0 Å². The van der Waals surface area contributed by atoms with Crippen LogP contribution in [-0.4, -0.2) is 42.5 Å². The van der Waals surface area contributed by atoms with E-state index in [1.54, 1.807) is 36.4 Å². The molecule has 2 aromatic heterocycles. The lowest BCUT2D eigenvalue weighted by Crippen LogP contribution is -2.33. The summed E-state index contributed by atoms with van der Waals surface area (Å²) in [6.07, 6.45) is 1.48. The number of sulfone groups is 1. The molecule has 8 nitrogen and oxygen atoms in total. The number of ether oxygens (including phenoxy) is 2. The summed E-state index contributed by atoms with van der Waals surface area (Å²) < 4.78 is 39.8. The van der Waals surface area contributed by atoms with Crippen LogP contribution >= 0.6 is 0 Å². The highest BCUT2D eigenvalue weighted by Crippen LogP contribution is 2.27. The van der Waals surface area contributed by atoms with Gasteiger partial charge in [0, 0.05) is 12.7 Å². The molecule has 2 aromatic carbocycles. The summed E-state index contributed by atoms with van der Waals surface area (Å²) in [6, 6.07) is 15.8. The lowest BCUT2D eigenvalue weighted by molar-refractivity contribution is -0.575. The molecule has 0 bridgehead atoms. The summed E-state index contributed by atoms with van der Waals surface area (Å²) in [7, 11) is -3.43. The van der Waals surface area contributed by atoms with Crippen LogP contribution in [0, 0.1) is 5.21 Å². The molecule has 34 heavy (non-hydrogen) atoms. The van der Waals surface area contributed by atoms with Gasteiger partial charge >= 0.3 is 0 Å². The first-order valence-corrected chi connectivity index (χ1v) is 12.9. The largest absolute Gasteiger partial charge is 0.618 e. The van der Waals surface area contributed by atoms with Gasteiger partial charge in [0.1, 0.15) is 12.4 Å². The fraction of sp³-hybridized carbons (Fsp3) is 0.360. The number of aromatic nitrogens is 3. The predicted molar refractivity (Wildman–Crippen MR) is 130 cm³/mol. The van der Waals surface area contributed by atoms with Crippen LogP contribution in [0.15, 0.2) is 65.7 Å². The third-order valence-electron chi connectivity index (χ3n) is 5.63. The molecule has 0 saturated heterocycles. The zero-order valence-electron chi connectivity index (χ0n) is 19.6. The minimum absolute atomic E-state index is 0.0545. The zero-order valence-corrected chi connectivity index (χ0v) is 20.4. The van der Waals surface area contributed by atoms with Crippen LogP contribution in [0.3, 0.4) is 0 Å². The molecule has 0 radical (unpaired) electrons. The van der Waals surface area contributed by atoms with Gasteiger partial charge in [0.2, 0.25) is 11.7 Å². The van der Waals surface area contributed by atoms with Gasteiger partial charge in [-0.2, -0.15) is 4.73 Å². The number of imidazole rings is 1. The van der Waals surface area contributed by atoms with Gasteiger partial charge < -0.3 is 19.2 Å². The third kappa shape index (κ3) is 5.06. The maximum Gasteiger partial charge on any atom is 0.226 e. The highest BCUT2D eigenvalue weighted by molar-refractivity contribution is 7.91. The summed E-state index contributed by atoms with van der Waals surface area (Å²) in [6.45, 7) is 7.02. The molecule has 0 saturated carbocycles. The van der Waals surface area contributed by atoms with Crippen molar-refractivity contribution in [1.29, 1.82) is 0 Å². The van der Waals surface area contributed by atoms with Crippen LogP contribution in [0.25, 0.3) is 21.9 Å². The normalized spacial score (nSPS) is 12.6. The Morgan fingerprint density at radius 3 is 2.53 bits per heavy atom. The fourth-order valence-electron chi connectivity index (χ4n) is 4.01. The van der Waals surface area contributed by atoms with Crippen molar-refractivity contribution in [2.45, 2.75) is 44.4 Å². The minimum atomic E-state index is -3.43. The van der Waals surface area contributed by atoms with Crippen molar-refractivity contribution >= 4 is 31.8 Å². The molecule has 4 aromatic rings. The number of pyridine rings is 1. The summed E-state index contributed by atoms with van der Waals surface area (Å²) >= 11 is 0. The Hall–Kier alpha value is -3.01.